The van der Waals surface area contributed by atoms with Gasteiger partial charge in [0.25, 0.3) is 5.91 Å². The Morgan fingerprint density at radius 2 is 1.81 bits per heavy atom. The molecular formula is C17H20N2O2. The van der Waals surface area contributed by atoms with Crippen LogP contribution >= 0.6 is 0 Å². The van der Waals surface area contributed by atoms with Crippen LogP contribution in [0.1, 0.15) is 31.1 Å². The first-order valence-corrected chi connectivity index (χ1v) is 7.18. The zero-order valence-corrected chi connectivity index (χ0v) is 12.6. The van der Waals surface area contributed by atoms with Crippen molar-refractivity contribution < 1.29 is 9.53 Å². The quantitative estimate of drug-likeness (QED) is 0.849. The van der Waals surface area contributed by atoms with Gasteiger partial charge < -0.3 is 14.2 Å². The number of nitrogens with zero attached hydrogens (tertiary/aromatic N) is 2. The highest BCUT2D eigenvalue weighted by Gasteiger charge is 2.41. The lowest BCUT2D eigenvalue weighted by Crippen LogP contribution is -2.47. The number of carbonyl (C=O) groups excluding carboxylic acids is 1. The van der Waals surface area contributed by atoms with E-state index >= 15 is 0 Å². The van der Waals surface area contributed by atoms with Crippen LogP contribution in [-0.4, -0.2) is 33.7 Å². The number of carbonyl (C=O) groups is 1. The Bertz CT molecular complexity index is 629. The summed E-state index contributed by atoms with van der Waals surface area (Å²) in [5.74, 6) is 0.0176. The first-order valence-electron chi connectivity index (χ1n) is 7.18. The predicted octanol–water partition coefficient (Wildman–Crippen LogP) is 3.07. The van der Waals surface area contributed by atoms with E-state index in [1.165, 1.54) is 0 Å². The summed E-state index contributed by atoms with van der Waals surface area (Å²) in [6.45, 7) is 6.55. The topological polar surface area (TPSA) is 34.5 Å². The summed E-state index contributed by atoms with van der Waals surface area (Å²) < 4.78 is 7.62. The Morgan fingerprint density at radius 1 is 1.19 bits per heavy atom. The van der Waals surface area contributed by atoms with Gasteiger partial charge in [0.15, 0.2) is 0 Å². The van der Waals surface area contributed by atoms with Gasteiger partial charge in [-0.15, -0.1) is 0 Å². The van der Waals surface area contributed by atoms with Crippen LogP contribution < -0.4 is 0 Å². The third-order valence-corrected chi connectivity index (χ3v) is 3.93. The van der Waals surface area contributed by atoms with E-state index in [1.807, 2.05) is 79.0 Å². The van der Waals surface area contributed by atoms with Crippen LogP contribution in [0.25, 0.3) is 5.69 Å². The lowest BCUT2D eigenvalue weighted by Gasteiger charge is -2.32. The standard InChI is InChI=1S/C17H20N2O2/c1-13-19(17(2,3)12-21-13)16(20)14-6-8-15(9-7-14)18-10-4-5-11-18/h4-11,13H,12H2,1-3H3. The molecule has 0 N–H and O–H groups in total. The van der Waals surface area contributed by atoms with Gasteiger partial charge in [-0.25, -0.2) is 0 Å². The fourth-order valence-corrected chi connectivity index (χ4v) is 2.82. The van der Waals surface area contributed by atoms with Crippen LogP contribution in [0.3, 0.4) is 0 Å². The van der Waals surface area contributed by atoms with E-state index in [1.54, 1.807) is 0 Å². The molecular weight excluding hydrogens is 264 g/mol. The van der Waals surface area contributed by atoms with E-state index in [9.17, 15) is 4.79 Å². The van der Waals surface area contributed by atoms with Crippen molar-refractivity contribution >= 4 is 5.91 Å². The number of benzene rings is 1. The largest absolute Gasteiger partial charge is 0.356 e. The number of rotatable bonds is 2. The molecule has 1 saturated heterocycles. The molecule has 0 saturated carbocycles. The molecule has 0 spiro atoms. The predicted molar refractivity (Wildman–Crippen MR) is 81.4 cm³/mol. The molecule has 110 valence electrons. The van der Waals surface area contributed by atoms with Crippen molar-refractivity contribution in [3.8, 4) is 5.69 Å². The number of ether oxygens (including phenoxy) is 1. The maximum atomic E-state index is 12.7. The number of aromatic nitrogens is 1. The maximum Gasteiger partial charge on any atom is 0.256 e. The molecule has 1 unspecified atom stereocenters. The summed E-state index contributed by atoms with van der Waals surface area (Å²) in [5, 5.41) is 0. The lowest BCUT2D eigenvalue weighted by molar-refractivity contribution is 0.0307. The third-order valence-electron chi connectivity index (χ3n) is 3.93. The van der Waals surface area contributed by atoms with Gasteiger partial charge in [0.2, 0.25) is 0 Å². The van der Waals surface area contributed by atoms with Gasteiger partial charge in [-0.3, -0.25) is 4.79 Å². The smallest absolute Gasteiger partial charge is 0.256 e. The Hall–Kier alpha value is -2.07. The molecule has 0 bridgehead atoms. The molecule has 1 atom stereocenters. The summed E-state index contributed by atoms with van der Waals surface area (Å²) in [4.78, 5) is 14.5. The molecule has 2 heterocycles. The highest BCUT2D eigenvalue weighted by Crippen LogP contribution is 2.28. The zero-order chi connectivity index (χ0) is 15.0. The average molecular weight is 284 g/mol. The molecule has 0 radical (unpaired) electrons. The van der Waals surface area contributed by atoms with Gasteiger partial charge >= 0.3 is 0 Å². The molecule has 1 aliphatic heterocycles. The molecule has 4 heteroatoms. The second-order valence-corrected chi connectivity index (χ2v) is 6.04. The van der Waals surface area contributed by atoms with Crippen molar-refractivity contribution in [3.63, 3.8) is 0 Å². The molecule has 3 rings (SSSR count). The molecule has 1 fully saturated rings. The Kier molecular flexibility index (Phi) is 3.33. The summed E-state index contributed by atoms with van der Waals surface area (Å²) in [6, 6.07) is 11.6. The third kappa shape index (κ3) is 2.47. The first kappa shape index (κ1) is 13.9. The van der Waals surface area contributed by atoms with Gasteiger partial charge in [0, 0.05) is 23.6 Å². The van der Waals surface area contributed by atoms with Crippen LogP contribution in [0.5, 0.6) is 0 Å². The second-order valence-electron chi connectivity index (χ2n) is 6.04. The van der Waals surface area contributed by atoms with Crippen molar-refractivity contribution in [2.75, 3.05) is 6.61 Å². The van der Waals surface area contributed by atoms with Crippen LogP contribution in [-0.2, 0) is 4.74 Å². The highest BCUT2D eigenvalue weighted by atomic mass is 16.5. The van der Waals surface area contributed by atoms with Crippen molar-refractivity contribution in [1.82, 2.24) is 9.47 Å². The van der Waals surface area contributed by atoms with Crippen molar-refractivity contribution in [2.24, 2.45) is 0 Å². The van der Waals surface area contributed by atoms with E-state index in [0.717, 1.165) is 5.69 Å². The summed E-state index contributed by atoms with van der Waals surface area (Å²) in [7, 11) is 0. The number of amides is 1. The summed E-state index contributed by atoms with van der Waals surface area (Å²) >= 11 is 0. The fourth-order valence-electron chi connectivity index (χ4n) is 2.82. The Balaban J connectivity index is 1.85. The van der Waals surface area contributed by atoms with E-state index < -0.39 is 0 Å². The van der Waals surface area contributed by atoms with Crippen LogP contribution in [0.4, 0.5) is 0 Å². The van der Waals surface area contributed by atoms with Gasteiger partial charge in [0.1, 0.15) is 6.23 Å². The minimum absolute atomic E-state index is 0.0176. The normalized spacial score (nSPS) is 20.7. The first-order chi connectivity index (χ1) is 9.99. The molecule has 1 aromatic heterocycles. The molecule has 2 aromatic rings. The summed E-state index contributed by atoms with van der Waals surface area (Å²) in [6.07, 6.45) is 3.78. The van der Waals surface area contributed by atoms with Gasteiger partial charge in [-0.2, -0.15) is 0 Å². The van der Waals surface area contributed by atoms with Gasteiger partial charge in [-0.1, -0.05) is 0 Å². The van der Waals surface area contributed by atoms with Crippen LogP contribution in [0.15, 0.2) is 48.8 Å². The molecule has 4 nitrogen and oxygen atoms in total. The van der Waals surface area contributed by atoms with Crippen LogP contribution in [0.2, 0.25) is 0 Å². The average Bonchev–Trinajstić information content (AvgIpc) is 3.07. The van der Waals surface area contributed by atoms with E-state index in [0.29, 0.717) is 12.2 Å². The zero-order valence-electron chi connectivity index (χ0n) is 12.6. The van der Waals surface area contributed by atoms with E-state index in [-0.39, 0.29) is 17.7 Å². The maximum absolute atomic E-state index is 12.7. The van der Waals surface area contributed by atoms with E-state index in [4.69, 9.17) is 4.74 Å². The SMILES string of the molecule is CC1OCC(C)(C)N1C(=O)c1ccc(-n2cccc2)cc1. The molecule has 1 amide bonds. The van der Waals surface area contributed by atoms with Crippen molar-refractivity contribution in [1.29, 1.82) is 0 Å². The minimum atomic E-state index is -0.268. The van der Waals surface area contributed by atoms with Gasteiger partial charge in [-0.05, 0) is 57.2 Å². The Morgan fingerprint density at radius 3 is 2.33 bits per heavy atom. The summed E-state index contributed by atoms with van der Waals surface area (Å²) in [5.41, 5.74) is 1.47. The molecule has 21 heavy (non-hydrogen) atoms. The van der Waals surface area contributed by atoms with Crippen molar-refractivity contribution in [2.45, 2.75) is 32.5 Å². The van der Waals surface area contributed by atoms with Crippen LogP contribution in [0, 0.1) is 0 Å². The lowest BCUT2D eigenvalue weighted by atomic mass is 10.0. The van der Waals surface area contributed by atoms with Gasteiger partial charge in [0.05, 0.1) is 12.1 Å². The van der Waals surface area contributed by atoms with Crippen molar-refractivity contribution in [3.05, 3.63) is 54.4 Å². The monoisotopic (exact) mass is 284 g/mol. The molecule has 0 aliphatic carbocycles. The fraction of sp³-hybridized carbons (Fsp3) is 0.353. The highest BCUT2D eigenvalue weighted by molar-refractivity contribution is 5.95. The van der Waals surface area contributed by atoms with E-state index in [2.05, 4.69) is 0 Å². The number of hydrogen-bond donors (Lipinski definition) is 0. The minimum Gasteiger partial charge on any atom is -0.356 e. The Labute approximate surface area is 124 Å². The molecule has 1 aliphatic rings. The second kappa shape index (κ2) is 5.04. The molecule has 1 aromatic carbocycles. The number of hydrogen-bond acceptors (Lipinski definition) is 2.